The molecule has 0 aliphatic heterocycles. The van der Waals surface area contributed by atoms with Crippen molar-refractivity contribution in [3.8, 4) is 0 Å². The van der Waals surface area contributed by atoms with Gasteiger partial charge in [-0.25, -0.2) is 9.78 Å². The van der Waals surface area contributed by atoms with Crippen LogP contribution < -0.4 is 35.2 Å². The number of hydrogen-bond donors (Lipinski definition) is 1. The summed E-state index contributed by atoms with van der Waals surface area (Å²) in [6.45, 7) is 2.05. The summed E-state index contributed by atoms with van der Waals surface area (Å²) in [5.41, 5.74) is 1.21. The SMILES string of the molecule is CCSc1nc2c([nH]1)c(=S)n(C)c(=O)n2C.[Na+]. The van der Waals surface area contributed by atoms with Crippen molar-refractivity contribution >= 4 is 35.1 Å². The fourth-order valence-electron chi connectivity index (χ4n) is 1.51. The van der Waals surface area contributed by atoms with E-state index in [1.807, 2.05) is 6.92 Å². The summed E-state index contributed by atoms with van der Waals surface area (Å²) in [5, 5.41) is 0.796. The van der Waals surface area contributed by atoms with E-state index in [0.717, 1.165) is 16.4 Å². The predicted molar refractivity (Wildman–Crippen MR) is 67.5 cm³/mol. The minimum Gasteiger partial charge on any atom is -0.329 e. The molecule has 0 unspecified atom stereocenters. The van der Waals surface area contributed by atoms with Crippen molar-refractivity contribution in [1.82, 2.24) is 19.1 Å². The first-order chi connectivity index (χ1) is 7.56. The molecule has 0 saturated heterocycles. The van der Waals surface area contributed by atoms with Gasteiger partial charge in [-0.2, -0.15) is 0 Å². The van der Waals surface area contributed by atoms with Crippen LogP contribution in [0.1, 0.15) is 6.92 Å². The monoisotopic (exact) mass is 279 g/mol. The Hall–Kier alpha value is -0.0800. The molecule has 8 heteroatoms. The molecule has 17 heavy (non-hydrogen) atoms. The quantitative estimate of drug-likeness (QED) is 0.411. The summed E-state index contributed by atoms with van der Waals surface area (Å²) in [5.74, 6) is 0.923. The van der Waals surface area contributed by atoms with Crippen molar-refractivity contribution in [3.63, 3.8) is 0 Å². The van der Waals surface area contributed by atoms with Crippen LogP contribution in [-0.2, 0) is 14.1 Å². The number of thioether (sulfide) groups is 1. The Labute approximate surface area is 130 Å². The van der Waals surface area contributed by atoms with Crippen molar-refractivity contribution < 1.29 is 29.6 Å². The maximum Gasteiger partial charge on any atom is 1.00 e. The van der Waals surface area contributed by atoms with E-state index in [4.69, 9.17) is 12.2 Å². The Morgan fingerprint density at radius 2 is 2.06 bits per heavy atom. The molecule has 0 atom stereocenters. The third-order valence-electron chi connectivity index (χ3n) is 2.35. The normalized spacial score (nSPS) is 10.5. The molecule has 86 valence electrons. The van der Waals surface area contributed by atoms with E-state index < -0.39 is 0 Å². The molecule has 2 heterocycles. The second-order valence-corrected chi connectivity index (χ2v) is 5.02. The molecule has 0 fully saturated rings. The van der Waals surface area contributed by atoms with Crippen molar-refractivity contribution in [2.24, 2.45) is 14.1 Å². The molecular weight excluding hydrogens is 267 g/mol. The molecule has 5 nitrogen and oxygen atoms in total. The van der Waals surface area contributed by atoms with E-state index in [1.165, 1.54) is 9.13 Å². The Bertz CT molecular complexity index is 657. The largest absolute Gasteiger partial charge is 1.00 e. The average Bonchev–Trinajstić information content (AvgIpc) is 2.68. The van der Waals surface area contributed by atoms with E-state index in [2.05, 4.69) is 9.97 Å². The standard InChI is InChI=1S/C9H12N4OS2.Na/c1-4-16-8-10-5-6(11-8)12(2)9(14)13(3)7(5)15;/h4H2,1-3H3,(H,10,11);/q;+1. The Morgan fingerprint density at radius 1 is 1.41 bits per heavy atom. The van der Waals surface area contributed by atoms with E-state index in [1.54, 1.807) is 25.9 Å². The topological polar surface area (TPSA) is 55.6 Å². The van der Waals surface area contributed by atoms with Crippen molar-refractivity contribution in [3.05, 3.63) is 15.1 Å². The zero-order valence-electron chi connectivity index (χ0n) is 10.3. The van der Waals surface area contributed by atoms with Crippen LogP contribution in [0.5, 0.6) is 0 Å². The van der Waals surface area contributed by atoms with Crippen molar-refractivity contribution in [1.29, 1.82) is 0 Å². The number of rotatable bonds is 2. The van der Waals surface area contributed by atoms with Crippen LogP contribution in [0.3, 0.4) is 0 Å². The second kappa shape index (κ2) is 5.71. The minimum atomic E-state index is -0.156. The third-order valence-corrected chi connectivity index (χ3v) is 3.59. The van der Waals surface area contributed by atoms with Gasteiger partial charge in [0.1, 0.15) is 10.2 Å². The Balaban J connectivity index is 0.00000144. The van der Waals surface area contributed by atoms with Gasteiger partial charge in [0, 0.05) is 14.1 Å². The van der Waals surface area contributed by atoms with Crippen LogP contribution in [0, 0.1) is 4.64 Å². The number of aryl methyl sites for hydroxylation is 1. The number of H-pyrrole nitrogens is 1. The first kappa shape index (κ1) is 15.0. The predicted octanol–water partition coefficient (Wildman–Crippen LogP) is -1.55. The second-order valence-electron chi connectivity index (χ2n) is 3.38. The van der Waals surface area contributed by atoms with Crippen molar-refractivity contribution in [2.75, 3.05) is 5.75 Å². The van der Waals surface area contributed by atoms with Gasteiger partial charge in [0.15, 0.2) is 10.8 Å². The van der Waals surface area contributed by atoms with E-state index in [9.17, 15) is 4.79 Å². The summed E-state index contributed by atoms with van der Waals surface area (Å²) < 4.78 is 3.44. The first-order valence-electron chi connectivity index (χ1n) is 4.84. The van der Waals surface area contributed by atoms with E-state index in [0.29, 0.717) is 10.3 Å². The molecule has 0 aliphatic rings. The van der Waals surface area contributed by atoms with Gasteiger partial charge < -0.3 is 4.98 Å². The van der Waals surface area contributed by atoms with Gasteiger partial charge in [-0.1, -0.05) is 30.9 Å². The number of hydrogen-bond acceptors (Lipinski definition) is 4. The summed E-state index contributed by atoms with van der Waals surface area (Å²) in [6, 6.07) is 0. The zero-order valence-corrected chi connectivity index (χ0v) is 13.9. The fourth-order valence-corrected chi connectivity index (χ4v) is 2.33. The number of aromatic amines is 1. The van der Waals surface area contributed by atoms with Gasteiger partial charge in [-0.05, 0) is 5.75 Å². The van der Waals surface area contributed by atoms with Crippen LogP contribution in [-0.4, -0.2) is 24.9 Å². The van der Waals surface area contributed by atoms with Gasteiger partial charge in [0.05, 0.1) is 0 Å². The molecule has 0 aliphatic carbocycles. The maximum absolute atomic E-state index is 11.8. The Morgan fingerprint density at radius 3 is 2.65 bits per heavy atom. The minimum absolute atomic E-state index is 0. The molecular formula is C9H12N4NaOS2+. The first-order valence-corrected chi connectivity index (χ1v) is 6.24. The molecule has 0 radical (unpaired) electrons. The van der Waals surface area contributed by atoms with Crippen LogP contribution in [0.2, 0.25) is 0 Å². The zero-order chi connectivity index (χ0) is 11.9. The van der Waals surface area contributed by atoms with E-state index >= 15 is 0 Å². The number of fused-ring (bicyclic) bond motifs is 1. The summed E-state index contributed by atoms with van der Waals surface area (Å²) in [7, 11) is 3.36. The molecule has 0 amide bonds. The molecule has 2 aromatic heterocycles. The average molecular weight is 279 g/mol. The van der Waals surface area contributed by atoms with E-state index in [-0.39, 0.29) is 35.2 Å². The summed E-state index contributed by atoms with van der Waals surface area (Å²) in [6.07, 6.45) is 0. The van der Waals surface area contributed by atoms with Gasteiger partial charge in [0.2, 0.25) is 0 Å². The number of imidazole rings is 1. The molecule has 0 bridgehead atoms. The fraction of sp³-hybridized carbons (Fsp3) is 0.444. The van der Waals surface area contributed by atoms with Crippen LogP contribution in [0.4, 0.5) is 0 Å². The van der Waals surface area contributed by atoms with Gasteiger partial charge in [0.25, 0.3) is 0 Å². The van der Waals surface area contributed by atoms with Crippen molar-refractivity contribution in [2.45, 2.75) is 12.1 Å². The summed E-state index contributed by atoms with van der Waals surface area (Å²) in [4.78, 5) is 19.3. The molecule has 2 aromatic rings. The van der Waals surface area contributed by atoms with Gasteiger partial charge in [-0.15, -0.1) is 0 Å². The number of aromatic nitrogens is 4. The summed E-state index contributed by atoms with van der Waals surface area (Å²) >= 11 is 6.80. The Kier molecular flexibility index (Phi) is 5.03. The molecule has 2 rings (SSSR count). The molecule has 0 saturated carbocycles. The van der Waals surface area contributed by atoms with Gasteiger partial charge in [-0.3, -0.25) is 9.13 Å². The van der Waals surface area contributed by atoms with Gasteiger partial charge >= 0.3 is 35.2 Å². The molecule has 0 aromatic carbocycles. The van der Waals surface area contributed by atoms with Crippen LogP contribution in [0.15, 0.2) is 9.95 Å². The molecule has 1 N–H and O–H groups in total. The number of nitrogens with zero attached hydrogens (tertiary/aromatic N) is 3. The smallest absolute Gasteiger partial charge is 0.329 e. The molecule has 0 spiro atoms. The maximum atomic E-state index is 11.8. The number of nitrogens with one attached hydrogen (secondary N) is 1. The third kappa shape index (κ3) is 2.53. The van der Waals surface area contributed by atoms with Crippen LogP contribution >= 0.6 is 24.0 Å². The van der Waals surface area contributed by atoms with Crippen LogP contribution in [0.25, 0.3) is 11.2 Å².